The minimum absolute atomic E-state index is 0.0544. The Kier molecular flexibility index (Phi) is 4.24. The van der Waals surface area contributed by atoms with Crippen LogP contribution in [-0.2, 0) is 4.79 Å². The molecule has 0 aromatic heterocycles. The van der Waals surface area contributed by atoms with Crippen molar-refractivity contribution in [1.29, 1.82) is 0 Å². The van der Waals surface area contributed by atoms with Gasteiger partial charge in [0, 0.05) is 6.54 Å². The van der Waals surface area contributed by atoms with Crippen LogP contribution in [-0.4, -0.2) is 25.0 Å². The fraction of sp³-hybridized carbons (Fsp3) is 0.889. The molecule has 0 radical (unpaired) electrons. The Labute approximate surface area is 74.9 Å². The van der Waals surface area contributed by atoms with Crippen LogP contribution in [0.15, 0.2) is 0 Å². The fourth-order valence-electron chi connectivity index (χ4n) is 0.631. The molecule has 1 amide bonds. The van der Waals surface area contributed by atoms with Crippen molar-refractivity contribution < 1.29 is 4.79 Å². The van der Waals surface area contributed by atoms with E-state index >= 15 is 0 Å². The van der Waals surface area contributed by atoms with Crippen LogP contribution in [0.5, 0.6) is 0 Å². The zero-order chi connectivity index (χ0) is 9.78. The largest absolute Gasteiger partial charge is 0.354 e. The Hall–Kier alpha value is -0.570. The number of likely N-dealkylation sites (N-methyl/N-ethyl adjacent to an activating group) is 1. The summed E-state index contributed by atoms with van der Waals surface area (Å²) in [6.45, 7) is 8.62. The van der Waals surface area contributed by atoms with E-state index in [2.05, 4.69) is 24.5 Å². The number of hydrogen-bond donors (Lipinski definition) is 2. The molecular weight excluding hydrogens is 152 g/mol. The number of amides is 1. The Bertz CT molecular complexity index is 153. The Balaban J connectivity index is 3.88. The zero-order valence-corrected chi connectivity index (χ0v) is 8.69. The summed E-state index contributed by atoms with van der Waals surface area (Å²) in [6.07, 6.45) is 0. The Morgan fingerprint density at radius 3 is 2.25 bits per heavy atom. The molecule has 3 heteroatoms. The molecule has 0 heterocycles. The molecule has 0 saturated heterocycles. The highest BCUT2D eigenvalue weighted by Crippen LogP contribution is 2.00. The third-order valence-corrected chi connectivity index (χ3v) is 1.86. The highest BCUT2D eigenvalue weighted by molar-refractivity contribution is 5.85. The van der Waals surface area contributed by atoms with E-state index in [-0.39, 0.29) is 5.91 Å². The van der Waals surface area contributed by atoms with Crippen molar-refractivity contribution in [3.05, 3.63) is 0 Å². The molecule has 0 rings (SSSR count). The number of nitrogens with one attached hydrogen (secondary N) is 2. The average Bonchev–Trinajstić information content (AvgIpc) is 2.00. The molecule has 0 saturated carbocycles. The summed E-state index contributed by atoms with van der Waals surface area (Å²) in [5.41, 5.74) is -0.463. The fourth-order valence-corrected chi connectivity index (χ4v) is 0.631. The van der Waals surface area contributed by atoms with Gasteiger partial charge in [-0.2, -0.15) is 0 Å². The molecule has 0 aliphatic rings. The summed E-state index contributed by atoms with van der Waals surface area (Å²) in [6, 6.07) is 0. The second-order valence-corrected chi connectivity index (χ2v) is 3.98. The molecule has 0 fully saturated rings. The summed E-state index contributed by atoms with van der Waals surface area (Å²) in [5, 5.41) is 5.82. The molecule has 0 bridgehead atoms. The molecule has 0 atom stereocenters. The third-order valence-electron chi connectivity index (χ3n) is 1.86. The molecule has 0 aromatic carbocycles. The summed E-state index contributed by atoms with van der Waals surface area (Å²) in [4.78, 5) is 11.4. The standard InChI is InChI=1S/C9H20N2O/c1-7(2)6-11-8(12)9(3,4)10-5/h7,10H,6H2,1-5H3,(H,11,12). The lowest BCUT2D eigenvalue weighted by Crippen LogP contribution is -2.51. The first-order valence-corrected chi connectivity index (χ1v) is 4.37. The Morgan fingerprint density at radius 1 is 1.42 bits per heavy atom. The van der Waals surface area contributed by atoms with E-state index in [1.807, 2.05) is 13.8 Å². The van der Waals surface area contributed by atoms with Gasteiger partial charge in [0.25, 0.3) is 0 Å². The van der Waals surface area contributed by atoms with Gasteiger partial charge in [-0.1, -0.05) is 13.8 Å². The van der Waals surface area contributed by atoms with Crippen LogP contribution in [0, 0.1) is 5.92 Å². The van der Waals surface area contributed by atoms with Crippen LogP contribution in [0.2, 0.25) is 0 Å². The first-order chi connectivity index (χ1) is 5.40. The number of rotatable bonds is 4. The van der Waals surface area contributed by atoms with Gasteiger partial charge in [-0.15, -0.1) is 0 Å². The third kappa shape index (κ3) is 3.72. The average molecular weight is 172 g/mol. The minimum Gasteiger partial charge on any atom is -0.354 e. The monoisotopic (exact) mass is 172 g/mol. The maximum Gasteiger partial charge on any atom is 0.239 e. The van der Waals surface area contributed by atoms with Gasteiger partial charge < -0.3 is 10.6 Å². The zero-order valence-electron chi connectivity index (χ0n) is 8.69. The van der Waals surface area contributed by atoms with E-state index in [9.17, 15) is 4.79 Å². The van der Waals surface area contributed by atoms with Gasteiger partial charge in [-0.3, -0.25) is 4.79 Å². The first kappa shape index (κ1) is 11.4. The molecule has 0 aliphatic carbocycles. The van der Waals surface area contributed by atoms with Gasteiger partial charge in [-0.05, 0) is 26.8 Å². The van der Waals surface area contributed by atoms with Crippen molar-refractivity contribution in [3.8, 4) is 0 Å². The van der Waals surface area contributed by atoms with Gasteiger partial charge in [0.2, 0.25) is 5.91 Å². The number of carbonyl (C=O) groups is 1. The molecule has 0 spiro atoms. The first-order valence-electron chi connectivity index (χ1n) is 4.37. The van der Waals surface area contributed by atoms with Crippen LogP contribution < -0.4 is 10.6 Å². The van der Waals surface area contributed by atoms with Crippen molar-refractivity contribution in [3.63, 3.8) is 0 Å². The predicted molar refractivity (Wildman–Crippen MR) is 51.0 cm³/mol. The van der Waals surface area contributed by atoms with Crippen LogP contribution >= 0.6 is 0 Å². The van der Waals surface area contributed by atoms with Crippen LogP contribution in [0.25, 0.3) is 0 Å². The molecule has 2 N–H and O–H groups in total. The number of hydrogen-bond acceptors (Lipinski definition) is 2. The maximum atomic E-state index is 11.4. The second kappa shape index (κ2) is 4.45. The normalized spacial score (nSPS) is 11.8. The van der Waals surface area contributed by atoms with Gasteiger partial charge in [0.15, 0.2) is 0 Å². The lowest BCUT2D eigenvalue weighted by molar-refractivity contribution is -0.126. The van der Waals surface area contributed by atoms with Crippen molar-refractivity contribution in [1.82, 2.24) is 10.6 Å². The second-order valence-electron chi connectivity index (χ2n) is 3.98. The summed E-state index contributed by atoms with van der Waals surface area (Å²) < 4.78 is 0. The lowest BCUT2D eigenvalue weighted by Gasteiger charge is -2.23. The highest BCUT2D eigenvalue weighted by atomic mass is 16.2. The van der Waals surface area contributed by atoms with E-state index in [0.717, 1.165) is 6.54 Å². The maximum absolute atomic E-state index is 11.4. The predicted octanol–water partition coefficient (Wildman–Crippen LogP) is 0.757. The minimum atomic E-state index is -0.463. The highest BCUT2D eigenvalue weighted by Gasteiger charge is 2.24. The van der Waals surface area contributed by atoms with Crippen molar-refractivity contribution in [2.24, 2.45) is 5.92 Å². The van der Waals surface area contributed by atoms with Gasteiger partial charge in [0.1, 0.15) is 0 Å². The van der Waals surface area contributed by atoms with E-state index < -0.39 is 5.54 Å². The van der Waals surface area contributed by atoms with E-state index in [0.29, 0.717) is 5.92 Å². The topological polar surface area (TPSA) is 41.1 Å². The molecular formula is C9H20N2O. The van der Waals surface area contributed by atoms with E-state index in [4.69, 9.17) is 0 Å². The molecule has 12 heavy (non-hydrogen) atoms. The summed E-state index contributed by atoms with van der Waals surface area (Å²) in [7, 11) is 1.79. The quantitative estimate of drug-likeness (QED) is 0.657. The van der Waals surface area contributed by atoms with Gasteiger partial charge in [-0.25, -0.2) is 0 Å². The van der Waals surface area contributed by atoms with Crippen LogP contribution in [0.1, 0.15) is 27.7 Å². The SMILES string of the molecule is CNC(C)(C)C(=O)NCC(C)C. The van der Waals surface area contributed by atoms with Gasteiger partial charge >= 0.3 is 0 Å². The molecule has 0 aromatic rings. The van der Waals surface area contributed by atoms with Crippen LogP contribution in [0.3, 0.4) is 0 Å². The smallest absolute Gasteiger partial charge is 0.239 e. The van der Waals surface area contributed by atoms with Crippen molar-refractivity contribution >= 4 is 5.91 Å². The Morgan fingerprint density at radius 2 is 1.92 bits per heavy atom. The lowest BCUT2D eigenvalue weighted by atomic mass is 10.0. The van der Waals surface area contributed by atoms with Gasteiger partial charge in [0.05, 0.1) is 5.54 Å². The van der Waals surface area contributed by atoms with E-state index in [1.165, 1.54) is 0 Å². The molecule has 72 valence electrons. The molecule has 0 aliphatic heterocycles. The van der Waals surface area contributed by atoms with Crippen molar-refractivity contribution in [2.45, 2.75) is 33.2 Å². The van der Waals surface area contributed by atoms with Crippen LogP contribution in [0.4, 0.5) is 0 Å². The van der Waals surface area contributed by atoms with Crippen molar-refractivity contribution in [2.75, 3.05) is 13.6 Å². The molecule has 3 nitrogen and oxygen atoms in total. The van der Waals surface area contributed by atoms with E-state index in [1.54, 1.807) is 7.05 Å². The molecule has 0 unspecified atom stereocenters. The summed E-state index contributed by atoms with van der Waals surface area (Å²) >= 11 is 0. The summed E-state index contributed by atoms with van der Waals surface area (Å²) in [5.74, 6) is 0.556. The number of carbonyl (C=O) groups excluding carboxylic acids is 1.